The van der Waals surface area contributed by atoms with E-state index < -0.39 is 0 Å². The van der Waals surface area contributed by atoms with Crippen LogP contribution in [-0.2, 0) is 0 Å². The molecule has 20 heavy (non-hydrogen) atoms. The molecule has 2 unspecified atom stereocenters. The lowest BCUT2D eigenvalue weighted by atomic mass is 9.80. The van der Waals surface area contributed by atoms with Crippen molar-refractivity contribution in [1.82, 2.24) is 0 Å². The maximum absolute atomic E-state index is 10.0. The molecule has 0 fully saturated rings. The Kier molecular flexibility index (Phi) is 4.17. The summed E-state index contributed by atoms with van der Waals surface area (Å²) in [6.45, 7) is 11.0. The molecular weight excluding hydrogens is 244 g/mol. The first kappa shape index (κ1) is 14.6. The van der Waals surface area contributed by atoms with Crippen molar-refractivity contribution < 1.29 is 5.11 Å². The summed E-state index contributed by atoms with van der Waals surface area (Å²) in [5, 5.41) is 10.0. The van der Waals surface area contributed by atoms with Crippen molar-refractivity contribution >= 4 is 0 Å². The topological polar surface area (TPSA) is 20.2 Å². The number of hydrogen-bond donors (Lipinski definition) is 1. The van der Waals surface area contributed by atoms with Gasteiger partial charge < -0.3 is 5.11 Å². The maximum Gasteiger partial charge on any atom is 0.119 e. The van der Waals surface area contributed by atoms with Crippen LogP contribution in [0, 0.1) is 20.8 Å². The van der Waals surface area contributed by atoms with E-state index >= 15 is 0 Å². The third-order valence-electron chi connectivity index (χ3n) is 4.77. The summed E-state index contributed by atoms with van der Waals surface area (Å²) in [4.78, 5) is 0. The van der Waals surface area contributed by atoms with Gasteiger partial charge in [0.2, 0.25) is 0 Å². The number of benzene rings is 2. The van der Waals surface area contributed by atoms with E-state index in [0.717, 1.165) is 5.56 Å². The smallest absolute Gasteiger partial charge is 0.119 e. The van der Waals surface area contributed by atoms with Crippen molar-refractivity contribution in [2.45, 2.75) is 46.5 Å². The van der Waals surface area contributed by atoms with Gasteiger partial charge in [0, 0.05) is 0 Å². The fourth-order valence-electron chi connectivity index (χ4n) is 2.88. The highest BCUT2D eigenvalue weighted by molar-refractivity contribution is 5.43. The second-order valence-corrected chi connectivity index (χ2v) is 5.86. The highest BCUT2D eigenvalue weighted by atomic mass is 16.3. The lowest BCUT2D eigenvalue weighted by Crippen LogP contribution is -2.08. The Hall–Kier alpha value is -1.76. The molecule has 0 aromatic heterocycles. The lowest BCUT2D eigenvalue weighted by Gasteiger charge is -2.24. The van der Waals surface area contributed by atoms with Crippen molar-refractivity contribution in [2.24, 2.45) is 0 Å². The minimum atomic E-state index is 0.289. The first-order valence-electron chi connectivity index (χ1n) is 7.28. The first-order valence-corrected chi connectivity index (χ1v) is 7.28. The summed E-state index contributed by atoms with van der Waals surface area (Å²) in [7, 11) is 0. The van der Waals surface area contributed by atoms with Gasteiger partial charge in [-0.2, -0.15) is 0 Å². The number of phenolic OH excluding ortho intramolecular Hbond substituents is 1. The van der Waals surface area contributed by atoms with Gasteiger partial charge in [-0.05, 0) is 66.5 Å². The average molecular weight is 268 g/mol. The predicted molar refractivity (Wildman–Crippen MR) is 85.6 cm³/mol. The van der Waals surface area contributed by atoms with E-state index in [1.807, 2.05) is 18.2 Å². The van der Waals surface area contributed by atoms with Gasteiger partial charge in [0.1, 0.15) is 5.75 Å². The molecule has 0 heterocycles. The summed E-state index contributed by atoms with van der Waals surface area (Å²) in [5.41, 5.74) is 6.49. The van der Waals surface area contributed by atoms with Crippen molar-refractivity contribution in [3.63, 3.8) is 0 Å². The SMILES string of the molecule is Cc1ccc(C(C)C(C)c2ccccc2O)c(C)c1C. The van der Waals surface area contributed by atoms with E-state index in [1.165, 1.54) is 22.3 Å². The molecule has 2 rings (SSSR count). The average Bonchev–Trinajstić information content (AvgIpc) is 2.44. The molecule has 0 aliphatic carbocycles. The second kappa shape index (κ2) is 5.70. The standard InChI is InChI=1S/C19H24O/c1-12-10-11-17(14(3)13(12)2)15(4)16(5)18-8-6-7-9-19(18)20/h6-11,15-16,20H,1-5H3. The van der Waals surface area contributed by atoms with Gasteiger partial charge in [0.15, 0.2) is 0 Å². The molecule has 2 atom stereocenters. The molecular formula is C19H24O. The molecule has 106 valence electrons. The van der Waals surface area contributed by atoms with Gasteiger partial charge in [-0.25, -0.2) is 0 Å². The van der Waals surface area contributed by atoms with Crippen molar-refractivity contribution in [3.8, 4) is 5.75 Å². The lowest BCUT2D eigenvalue weighted by molar-refractivity contribution is 0.457. The van der Waals surface area contributed by atoms with Crippen LogP contribution < -0.4 is 0 Å². The summed E-state index contributed by atoms with van der Waals surface area (Å²) >= 11 is 0. The zero-order valence-corrected chi connectivity index (χ0v) is 13.1. The van der Waals surface area contributed by atoms with Crippen molar-refractivity contribution in [1.29, 1.82) is 0 Å². The fraction of sp³-hybridized carbons (Fsp3) is 0.368. The van der Waals surface area contributed by atoms with Crippen LogP contribution in [0.15, 0.2) is 36.4 Å². The Morgan fingerprint density at radius 1 is 0.750 bits per heavy atom. The number of aromatic hydroxyl groups is 1. The number of phenols is 1. The zero-order valence-electron chi connectivity index (χ0n) is 13.1. The Bertz CT molecular complexity index is 613. The summed E-state index contributed by atoms with van der Waals surface area (Å²) in [6.07, 6.45) is 0. The zero-order chi connectivity index (χ0) is 14.9. The second-order valence-electron chi connectivity index (χ2n) is 5.86. The molecule has 1 N–H and O–H groups in total. The van der Waals surface area contributed by atoms with E-state index in [0.29, 0.717) is 11.7 Å². The Balaban J connectivity index is 2.39. The number of rotatable bonds is 3. The Morgan fingerprint density at radius 3 is 2.00 bits per heavy atom. The van der Waals surface area contributed by atoms with Crippen LogP contribution in [0.4, 0.5) is 0 Å². The quantitative estimate of drug-likeness (QED) is 0.808. The van der Waals surface area contributed by atoms with Crippen molar-refractivity contribution in [3.05, 3.63) is 64.2 Å². The molecule has 0 bridgehead atoms. The van der Waals surface area contributed by atoms with Gasteiger partial charge in [0.05, 0.1) is 0 Å². The molecule has 1 heteroatoms. The molecule has 0 aliphatic heterocycles. The van der Waals surface area contributed by atoms with Crippen LogP contribution in [0.5, 0.6) is 5.75 Å². The van der Waals surface area contributed by atoms with Gasteiger partial charge >= 0.3 is 0 Å². The molecule has 0 aliphatic rings. The predicted octanol–water partition coefficient (Wildman–Crippen LogP) is 5.22. The highest BCUT2D eigenvalue weighted by Crippen LogP contribution is 2.38. The number of hydrogen-bond acceptors (Lipinski definition) is 1. The summed E-state index contributed by atoms with van der Waals surface area (Å²) < 4.78 is 0. The number of para-hydroxylation sites is 1. The van der Waals surface area contributed by atoms with Gasteiger partial charge in [-0.3, -0.25) is 0 Å². The van der Waals surface area contributed by atoms with Gasteiger partial charge in [-0.1, -0.05) is 44.2 Å². The summed E-state index contributed by atoms with van der Waals surface area (Å²) in [5.74, 6) is 1.06. The first-order chi connectivity index (χ1) is 9.43. The van der Waals surface area contributed by atoms with Crippen LogP contribution in [0.25, 0.3) is 0 Å². The third kappa shape index (κ3) is 2.58. The molecule has 0 spiro atoms. The minimum Gasteiger partial charge on any atom is -0.508 e. The largest absolute Gasteiger partial charge is 0.508 e. The molecule has 0 saturated carbocycles. The third-order valence-corrected chi connectivity index (χ3v) is 4.77. The van der Waals surface area contributed by atoms with Crippen LogP contribution >= 0.6 is 0 Å². The Labute approximate surface area is 122 Å². The molecule has 0 amide bonds. The Morgan fingerprint density at radius 2 is 1.35 bits per heavy atom. The molecule has 0 saturated heterocycles. The van der Waals surface area contributed by atoms with E-state index in [4.69, 9.17) is 0 Å². The van der Waals surface area contributed by atoms with Crippen LogP contribution in [0.2, 0.25) is 0 Å². The fourth-order valence-corrected chi connectivity index (χ4v) is 2.88. The van der Waals surface area contributed by atoms with Crippen LogP contribution in [0.1, 0.15) is 53.5 Å². The van der Waals surface area contributed by atoms with E-state index in [2.05, 4.69) is 46.8 Å². The summed E-state index contributed by atoms with van der Waals surface area (Å²) in [6, 6.07) is 12.1. The van der Waals surface area contributed by atoms with Gasteiger partial charge in [-0.15, -0.1) is 0 Å². The molecule has 2 aromatic rings. The van der Waals surface area contributed by atoms with E-state index in [-0.39, 0.29) is 5.92 Å². The molecule has 1 nitrogen and oxygen atoms in total. The highest BCUT2D eigenvalue weighted by Gasteiger charge is 2.20. The normalized spacial score (nSPS) is 14.1. The van der Waals surface area contributed by atoms with Gasteiger partial charge in [0.25, 0.3) is 0 Å². The van der Waals surface area contributed by atoms with Crippen molar-refractivity contribution in [2.75, 3.05) is 0 Å². The minimum absolute atomic E-state index is 0.289. The van der Waals surface area contributed by atoms with E-state index in [1.54, 1.807) is 6.07 Å². The van der Waals surface area contributed by atoms with E-state index in [9.17, 15) is 5.11 Å². The molecule has 0 radical (unpaired) electrons. The number of aryl methyl sites for hydroxylation is 1. The maximum atomic E-state index is 10.0. The molecule has 2 aromatic carbocycles. The van der Waals surface area contributed by atoms with Crippen LogP contribution in [0.3, 0.4) is 0 Å². The van der Waals surface area contributed by atoms with Crippen LogP contribution in [-0.4, -0.2) is 5.11 Å². The monoisotopic (exact) mass is 268 g/mol.